The van der Waals surface area contributed by atoms with Crippen molar-refractivity contribution < 1.29 is 14.3 Å². The van der Waals surface area contributed by atoms with E-state index in [1.54, 1.807) is 0 Å². The second-order valence-corrected chi connectivity index (χ2v) is 8.11. The van der Waals surface area contributed by atoms with Crippen LogP contribution in [0.2, 0.25) is 0 Å². The number of pyridine rings is 1. The summed E-state index contributed by atoms with van der Waals surface area (Å²) in [4.78, 5) is 33.3. The van der Waals surface area contributed by atoms with Crippen LogP contribution in [0.15, 0.2) is 36.2 Å². The van der Waals surface area contributed by atoms with Gasteiger partial charge in [0, 0.05) is 56.5 Å². The minimum atomic E-state index is -0.620. The van der Waals surface area contributed by atoms with Crippen molar-refractivity contribution in [1.29, 1.82) is 0 Å². The van der Waals surface area contributed by atoms with Crippen molar-refractivity contribution >= 4 is 11.7 Å². The summed E-state index contributed by atoms with van der Waals surface area (Å²) in [5.74, 6) is -0.0253. The Morgan fingerprint density at radius 1 is 1.41 bits per heavy atom. The van der Waals surface area contributed by atoms with Gasteiger partial charge in [0.2, 0.25) is 0 Å². The van der Waals surface area contributed by atoms with Gasteiger partial charge in [-0.25, -0.2) is 0 Å². The van der Waals surface area contributed by atoms with Crippen LogP contribution >= 0.6 is 0 Å². The van der Waals surface area contributed by atoms with E-state index in [0.717, 1.165) is 31.5 Å². The number of carbonyl (C=O) groups excluding carboxylic acids is 2. The molecule has 0 aromatic carbocycles. The molecule has 0 unspecified atom stereocenters. The maximum absolute atomic E-state index is 12.9. The molecular weight excluding hydrogens is 342 g/mol. The third kappa shape index (κ3) is 5.16. The van der Waals surface area contributed by atoms with E-state index in [4.69, 9.17) is 4.74 Å². The van der Waals surface area contributed by atoms with Gasteiger partial charge in [-0.15, -0.1) is 0 Å². The minimum Gasteiger partial charge on any atom is -0.481 e. The second-order valence-electron chi connectivity index (χ2n) is 8.11. The highest BCUT2D eigenvalue weighted by Gasteiger charge is 2.35. The molecule has 146 valence electrons. The van der Waals surface area contributed by atoms with Crippen LogP contribution in [-0.4, -0.2) is 64.8 Å². The summed E-state index contributed by atoms with van der Waals surface area (Å²) in [6.45, 7) is 5.95. The molecule has 0 saturated carbocycles. The van der Waals surface area contributed by atoms with E-state index in [-0.39, 0.29) is 17.4 Å². The molecule has 6 nitrogen and oxygen atoms in total. The van der Waals surface area contributed by atoms with Crippen molar-refractivity contribution in [2.45, 2.75) is 51.2 Å². The molecule has 27 heavy (non-hydrogen) atoms. The zero-order chi connectivity index (χ0) is 19.4. The smallest absolute Gasteiger partial charge is 0.289 e. The molecule has 3 rings (SSSR count). The highest BCUT2D eigenvalue weighted by atomic mass is 16.5. The number of hydrogen-bond acceptors (Lipinski definition) is 5. The van der Waals surface area contributed by atoms with E-state index in [2.05, 4.69) is 16.9 Å². The van der Waals surface area contributed by atoms with E-state index in [1.807, 2.05) is 43.1 Å². The number of amides is 1. The molecule has 0 N–H and O–H groups in total. The van der Waals surface area contributed by atoms with E-state index in [9.17, 15) is 9.59 Å². The largest absolute Gasteiger partial charge is 0.481 e. The van der Waals surface area contributed by atoms with Crippen LogP contribution in [0, 0.1) is 0 Å². The molecule has 1 aromatic rings. The van der Waals surface area contributed by atoms with Crippen LogP contribution in [0.3, 0.4) is 0 Å². The summed E-state index contributed by atoms with van der Waals surface area (Å²) in [6, 6.07) is 6.27. The Morgan fingerprint density at radius 2 is 2.22 bits per heavy atom. The average Bonchev–Trinajstić information content (AvgIpc) is 2.65. The fourth-order valence-corrected chi connectivity index (χ4v) is 3.76. The van der Waals surface area contributed by atoms with Crippen molar-refractivity contribution in [2.24, 2.45) is 0 Å². The summed E-state index contributed by atoms with van der Waals surface area (Å²) in [5, 5.41) is 0. The molecule has 1 fully saturated rings. The summed E-state index contributed by atoms with van der Waals surface area (Å²) in [6.07, 6.45) is 6.39. The van der Waals surface area contributed by atoms with E-state index >= 15 is 0 Å². The van der Waals surface area contributed by atoms with E-state index in [1.165, 1.54) is 6.08 Å². The normalized spacial score (nSPS) is 22.4. The van der Waals surface area contributed by atoms with Crippen molar-refractivity contribution in [3.8, 4) is 0 Å². The molecule has 0 radical (unpaired) electrons. The molecule has 1 atom stereocenters. The van der Waals surface area contributed by atoms with Crippen LogP contribution in [0.4, 0.5) is 0 Å². The molecule has 3 heterocycles. The Balaban J connectivity index is 1.58. The maximum Gasteiger partial charge on any atom is 0.289 e. The zero-order valence-corrected chi connectivity index (χ0v) is 16.5. The Labute approximate surface area is 161 Å². The Morgan fingerprint density at radius 3 is 2.93 bits per heavy atom. The topological polar surface area (TPSA) is 62.7 Å². The number of ether oxygens (including phenoxy) is 1. The fourth-order valence-electron chi connectivity index (χ4n) is 3.76. The van der Waals surface area contributed by atoms with Gasteiger partial charge < -0.3 is 14.5 Å². The minimum absolute atomic E-state index is 0.0457. The number of carbonyl (C=O) groups is 2. The first-order chi connectivity index (χ1) is 12.8. The second kappa shape index (κ2) is 8.21. The number of aromatic nitrogens is 1. The van der Waals surface area contributed by atoms with Crippen molar-refractivity contribution in [1.82, 2.24) is 14.8 Å². The molecule has 1 aromatic heterocycles. The number of hydrogen-bond donors (Lipinski definition) is 0. The molecule has 1 amide bonds. The van der Waals surface area contributed by atoms with Crippen LogP contribution in [0.1, 0.15) is 38.8 Å². The predicted octanol–water partition coefficient (Wildman–Crippen LogP) is 2.20. The highest BCUT2D eigenvalue weighted by molar-refractivity contribution is 6.01. The molecule has 6 heteroatoms. The zero-order valence-electron chi connectivity index (χ0n) is 16.5. The van der Waals surface area contributed by atoms with Crippen LogP contribution in [-0.2, 0) is 20.7 Å². The van der Waals surface area contributed by atoms with Gasteiger partial charge in [-0.2, -0.15) is 0 Å². The van der Waals surface area contributed by atoms with Gasteiger partial charge in [0.25, 0.3) is 5.91 Å². The van der Waals surface area contributed by atoms with Crippen LogP contribution < -0.4 is 0 Å². The summed E-state index contributed by atoms with van der Waals surface area (Å²) in [5.41, 5.74) is 0.459. The molecule has 2 aliphatic rings. The number of piperidine rings is 1. The quantitative estimate of drug-likeness (QED) is 0.794. The number of allylic oxidation sites excluding steroid dienone is 1. The first kappa shape index (κ1) is 19.5. The number of nitrogens with zero attached hydrogens (tertiary/aromatic N) is 3. The lowest BCUT2D eigenvalue weighted by atomic mass is 9.98. The standard InChI is InChI=1S/C21H29N3O3/c1-21(2)14-18(25)13-19(27-21)20(26)24-11-6-8-17(15-24)23(3)12-9-16-7-4-5-10-22-16/h4-5,7,10,13,17H,6,8-9,11-12,14-15H2,1-3H3/t17-/m0/s1. The molecule has 0 spiro atoms. The SMILES string of the molecule is CN(CCc1ccccn1)[C@H]1CCCN(C(=O)C2=CC(=O)CC(C)(C)O2)C1. The lowest BCUT2D eigenvalue weighted by Gasteiger charge is -2.39. The van der Waals surface area contributed by atoms with Crippen molar-refractivity contribution in [2.75, 3.05) is 26.7 Å². The predicted molar refractivity (Wildman–Crippen MR) is 103 cm³/mol. The van der Waals surface area contributed by atoms with Crippen molar-refractivity contribution in [3.05, 3.63) is 41.9 Å². The van der Waals surface area contributed by atoms with E-state index < -0.39 is 5.60 Å². The van der Waals surface area contributed by atoms with Gasteiger partial charge in [0.05, 0.1) is 0 Å². The fraction of sp³-hybridized carbons (Fsp3) is 0.571. The Kier molecular flexibility index (Phi) is 5.95. The number of rotatable bonds is 5. The van der Waals surface area contributed by atoms with Gasteiger partial charge in [0.15, 0.2) is 11.5 Å². The van der Waals surface area contributed by atoms with Gasteiger partial charge >= 0.3 is 0 Å². The third-order valence-corrected chi connectivity index (χ3v) is 5.24. The third-order valence-electron chi connectivity index (χ3n) is 5.24. The van der Waals surface area contributed by atoms with Gasteiger partial charge in [-0.1, -0.05) is 6.07 Å². The molecule has 0 bridgehead atoms. The van der Waals surface area contributed by atoms with Gasteiger partial charge in [-0.05, 0) is 45.9 Å². The number of likely N-dealkylation sites (tertiary alicyclic amines) is 1. The molecule has 0 aliphatic carbocycles. The Hall–Kier alpha value is -2.21. The van der Waals surface area contributed by atoms with Gasteiger partial charge in [-0.3, -0.25) is 14.6 Å². The summed E-state index contributed by atoms with van der Waals surface area (Å²) in [7, 11) is 2.10. The summed E-state index contributed by atoms with van der Waals surface area (Å²) < 4.78 is 5.79. The maximum atomic E-state index is 12.9. The summed E-state index contributed by atoms with van der Waals surface area (Å²) >= 11 is 0. The monoisotopic (exact) mass is 371 g/mol. The molecule has 2 aliphatic heterocycles. The average molecular weight is 371 g/mol. The molecular formula is C21H29N3O3. The van der Waals surface area contributed by atoms with Gasteiger partial charge in [0.1, 0.15) is 5.60 Å². The highest BCUT2D eigenvalue weighted by Crippen LogP contribution is 2.27. The Bertz CT molecular complexity index is 715. The lowest BCUT2D eigenvalue weighted by molar-refractivity contribution is -0.139. The van der Waals surface area contributed by atoms with E-state index in [0.29, 0.717) is 25.6 Å². The first-order valence-electron chi connectivity index (χ1n) is 9.67. The van der Waals surface area contributed by atoms with Crippen LogP contribution in [0.25, 0.3) is 0 Å². The number of likely N-dealkylation sites (N-methyl/N-ethyl adjacent to an activating group) is 1. The van der Waals surface area contributed by atoms with Crippen LogP contribution in [0.5, 0.6) is 0 Å². The molecule has 1 saturated heterocycles. The van der Waals surface area contributed by atoms with Crippen molar-refractivity contribution in [3.63, 3.8) is 0 Å². The lowest BCUT2D eigenvalue weighted by Crippen LogP contribution is -2.50. The number of ketones is 1. The first-order valence-corrected chi connectivity index (χ1v) is 9.67.